The van der Waals surface area contributed by atoms with E-state index in [4.69, 9.17) is 14.2 Å². The van der Waals surface area contributed by atoms with Gasteiger partial charge >= 0.3 is 11.9 Å². The summed E-state index contributed by atoms with van der Waals surface area (Å²) in [6.07, 6.45) is 0. The van der Waals surface area contributed by atoms with E-state index in [1.165, 1.54) is 0 Å². The summed E-state index contributed by atoms with van der Waals surface area (Å²) in [5.74, 6) is 0.553. The summed E-state index contributed by atoms with van der Waals surface area (Å²) in [6.45, 7) is 7.73. The zero-order valence-electron chi connectivity index (χ0n) is 25.8. The molecule has 0 N–H and O–H groups in total. The summed E-state index contributed by atoms with van der Waals surface area (Å²) in [5.41, 5.74) is 5.86. The Kier molecular flexibility index (Phi) is 6.85. The van der Waals surface area contributed by atoms with Crippen molar-refractivity contribution in [1.82, 2.24) is 0 Å². The molecule has 0 saturated carbocycles. The van der Waals surface area contributed by atoms with Crippen LogP contribution in [-0.4, -0.2) is 18.5 Å². The molecular weight excluding hydrogens is 560 g/mol. The molecule has 5 aromatic rings. The number of para-hydroxylation sites is 1. The Bertz CT molecular complexity index is 1890. The fourth-order valence-electron chi connectivity index (χ4n) is 6.69. The van der Waals surface area contributed by atoms with Gasteiger partial charge < -0.3 is 14.2 Å². The average Bonchev–Trinajstić information content (AvgIpc) is 3.05. The molecule has 0 atom stereocenters. The molecule has 5 heteroatoms. The van der Waals surface area contributed by atoms with Gasteiger partial charge in [-0.1, -0.05) is 84.4 Å². The van der Waals surface area contributed by atoms with E-state index < -0.39 is 16.8 Å². The number of hydrogen-bond acceptors (Lipinski definition) is 5. The molecule has 3 aliphatic carbocycles. The molecule has 45 heavy (non-hydrogen) atoms. The highest BCUT2D eigenvalue weighted by molar-refractivity contribution is 5.92. The molecule has 0 unspecified atom stereocenters. The van der Waals surface area contributed by atoms with Crippen LogP contribution in [0.5, 0.6) is 17.2 Å². The number of esters is 2. The van der Waals surface area contributed by atoms with Crippen molar-refractivity contribution in [1.29, 1.82) is 0 Å². The van der Waals surface area contributed by atoms with Crippen molar-refractivity contribution in [3.8, 4) is 17.2 Å². The van der Waals surface area contributed by atoms with Crippen molar-refractivity contribution in [3.63, 3.8) is 0 Å². The van der Waals surface area contributed by atoms with Crippen molar-refractivity contribution < 1.29 is 23.8 Å². The highest BCUT2D eigenvalue weighted by Gasteiger charge is 2.55. The van der Waals surface area contributed by atoms with Crippen LogP contribution in [0, 0.1) is 12.3 Å². The van der Waals surface area contributed by atoms with E-state index in [1.807, 2.05) is 94.4 Å². The second kappa shape index (κ2) is 10.8. The Morgan fingerprint density at radius 3 is 1.89 bits per heavy atom. The largest absolute Gasteiger partial charge is 0.492 e. The number of aryl methyl sites for hydroxylation is 1. The minimum atomic E-state index is -0.875. The van der Waals surface area contributed by atoms with Crippen LogP contribution < -0.4 is 14.2 Å². The third-order valence-electron chi connectivity index (χ3n) is 8.85. The summed E-state index contributed by atoms with van der Waals surface area (Å²) in [5, 5.41) is 0. The molecule has 0 fully saturated rings. The Balaban J connectivity index is 1.49. The van der Waals surface area contributed by atoms with Gasteiger partial charge in [-0.25, -0.2) is 4.79 Å². The maximum atomic E-state index is 13.6. The van der Waals surface area contributed by atoms with Gasteiger partial charge in [-0.3, -0.25) is 4.79 Å². The van der Waals surface area contributed by atoms with E-state index in [1.54, 1.807) is 24.3 Å². The molecule has 2 bridgehead atoms. The molecule has 0 saturated heterocycles. The normalized spacial score (nSPS) is 17.5. The summed E-state index contributed by atoms with van der Waals surface area (Å²) < 4.78 is 19.1. The van der Waals surface area contributed by atoms with E-state index in [2.05, 4.69) is 24.3 Å². The maximum Gasteiger partial charge on any atom is 0.343 e. The van der Waals surface area contributed by atoms with Crippen molar-refractivity contribution in [2.75, 3.05) is 6.61 Å². The Labute approximate surface area is 263 Å². The van der Waals surface area contributed by atoms with Crippen molar-refractivity contribution in [2.24, 2.45) is 5.41 Å². The molecule has 0 amide bonds. The van der Waals surface area contributed by atoms with Crippen LogP contribution in [0.15, 0.2) is 115 Å². The van der Waals surface area contributed by atoms with Crippen LogP contribution >= 0.6 is 0 Å². The quantitative estimate of drug-likeness (QED) is 0.146. The van der Waals surface area contributed by atoms with E-state index in [-0.39, 0.29) is 18.5 Å². The van der Waals surface area contributed by atoms with Crippen LogP contribution in [-0.2, 0) is 10.2 Å². The Morgan fingerprint density at radius 1 is 0.689 bits per heavy atom. The zero-order valence-corrected chi connectivity index (χ0v) is 25.8. The Morgan fingerprint density at radius 2 is 1.27 bits per heavy atom. The zero-order chi connectivity index (χ0) is 31.3. The molecule has 224 valence electrons. The highest BCUT2D eigenvalue weighted by atomic mass is 16.5. The number of ether oxygens (including phenoxy) is 3. The maximum absolute atomic E-state index is 13.6. The van der Waals surface area contributed by atoms with Gasteiger partial charge in [0.2, 0.25) is 0 Å². The van der Waals surface area contributed by atoms with Gasteiger partial charge in [0.15, 0.2) is 0 Å². The van der Waals surface area contributed by atoms with Crippen LogP contribution in [0.3, 0.4) is 0 Å². The fourth-order valence-corrected chi connectivity index (χ4v) is 6.69. The van der Waals surface area contributed by atoms with E-state index in [0.29, 0.717) is 17.1 Å². The summed E-state index contributed by atoms with van der Waals surface area (Å²) >= 11 is 0. The third-order valence-corrected chi connectivity index (χ3v) is 8.85. The van der Waals surface area contributed by atoms with E-state index in [0.717, 1.165) is 44.7 Å². The monoisotopic (exact) mass is 594 g/mol. The van der Waals surface area contributed by atoms with E-state index >= 15 is 0 Å². The number of rotatable bonds is 6. The number of carbonyl (C=O) groups excluding carboxylic acids is 2. The van der Waals surface area contributed by atoms with Crippen LogP contribution in [0.25, 0.3) is 0 Å². The molecule has 5 nitrogen and oxygen atoms in total. The molecule has 8 rings (SSSR count). The van der Waals surface area contributed by atoms with Gasteiger partial charge in [0.1, 0.15) is 23.9 Å². The van der Waals surface area contributed by atoms with Gasteiger partial charge in [-0.2, -0.15) is 0 Å². The summed E-state index contributed by atoms with van der Waals surface area (Å²) in [4.78, 5) is 27.0. The molecule has 5 aromatic carbocycles. The van der Waals surface area contributed by atoms with Gasteiger partial charge in [0, 0.05) is 17.0 Å². The lowest BCUT2D eigenvalue weighted by Crippen LogP contribution is -2.47. The first-order chi connectivity index (χ1) is 21.7. The lowest BCUT2D eigenvalue weighted by Gasteiger charge is -2.50. The van der Waals surface area contributed by atoms with Crippen molar-refractivity contribution >= 4 is 11.9 Å². The smallest absolute Gasteiger partial charge is 0.343 e. The molecule has 0 radical (unpaired) electrons. The first-order valence-corrected chi connectivity index (χ1v) is 15.2. The standard InChI is InChI=1S/C40H34O5/c1-25-18-20-26(21-19-25)37(41)44-33-23-22-32(45-38(42)39(2,3)4)35-34-28-14-8-10-16-30(28)40(36(33)35,31-17-11-9-15-29(31)34)24-43-27-12-6-5-7-13-27/h5-23,34H,24H2,1-4H3. The fraction of sp³-hybridized carbons (Fsp3) is 0.200. The van der Waals surface area contributed by atoms with Gasteiger partial charge in [0.05, 0.1) is 16.4 Å². The number of benzene rings is 5. The lowest BCUT2D eigenvalue weighted by molar-refractivity contribution is -0.143. The lowest BCUT2D eigenvalue weighted by atomic mass is 9.53. The van der Waals surface area contributed by atoms with Gasteiger partial charge in [-0.15, -0.1) is 0 Å². The first-order valence-electron chi connectivity index (χ1n) is 15.2. The summed E-state index contributed by atoms with van der Waals surface area (Å²) in [7, 11) is 0. The third kappa shape index (κ3) is 4.71. The summed E-state index contributed by atoms with van der Waals surface area (Å²) in [6, 6.07) is 37.2. The number of hydrogen-bond donors (Lipinski definition) is 0. The Hall–Kier alpha value is -5.16. The van der Waals surface area contributed by atoms with Crippen LogP contribution in [0.4, 0.5) is 0 Å². The van der Waals surface area contributed by atoms with Gasteiger partial charge in [0.25, 0.3) is 0 Å². The first kappa shape index (κ1) is 28.6. The predicted octanol–water partition coefficient (Wildman–Crippen LogP) is 8.39. The second-order valence-corrected chi connectivity index (χ2v) is 12.9. The van der Waals surface area contributed by atoms with E-state index in [9.17, 15) is 9.59 Å². The minimum Gasteiger partial charge on any atom is -0.492 e. The van der Waals surface area contributed by atoms with Crippen LogP contribution in [0.2, 0.25) is 0 Å². The highest BCUT2D eigenvalue weighted by Crippen LogP contribution is 2.63. The predicted molar refractivity (Wildman–Crippen MR) is 173 cm³/mol. The van der Waals surface area contributed by atoms with Crippen LogP contribution in [0.1, 0.15) is 76.0 Å². The number of carbonyl (C=O) groups is 2. The molecule has 3 aliphatic rings. The average molecular weight is 595 g/mol. The second-order valence-electron chi connectivity index (χ2n) is 12.9. The molecule has 0 heterocycles. The topological polar surface area (TPSA) is 61.8 Å². The van der Waals surface area contributed by atoms with Crippen molar-refractivity contribution in [3.05, 3.63) is 160 Å². The molecule has 0 aliphatic heterocycles. The molecular formula is C40H34O5. The van der Waals surface area contributed by atoms with Gasteiger partial charge in [-0.05, 0) is 86.3 Å². The minimum absolute atomic E-state index is 0.233. The molecule has 0 spiro atoms. The SMILES string of the molecule is Cc1ccc(C(=O)Oc2ccc(OC(=O)C(C)(C)C)c3c2C2(COc4ccccc4)c4ccccc4C3c3ccccc32)cc1. The molecule has 0 aromatic heterocycles. The van der Waals surface area contributed by atoms with Crippen molar-refractivity contribution in [2.45, 2.75) is 39.0 Å².